The van der Waals surface area contributed by atoms with Gasteiger partial charge < -0.3 is 20.7 Å². The molecular weight excluding hydrogens is 314 g/mol. The largest absolute Gasteiger partial charge is 0.393 e. The average molecular weight is 327 g/mol. The Labute approximate surface area is 120 Å². The molecule has 11 heteroatoms. The third-order valence-electron chi connectivity index (χ3n) is 3.36. The summed E-state index contributed by atoms with van der Waals surface area (Å²) in [7, 11) is 0. The van der Waals surface area contributed by atoms with Crippen molar-refractivity contribution in [2.75, 3.05) is 12.3 Å². The van der Waals surface area contributed by atoms with Crippen molar-refractivity contribution in [3.05, 3.63) is 22.7 Å². The number of halogens is 4. The molecule has 124 valence electrons. The van der Waals surface area contributed by atoms with Crippen LogP contribution in [-0.4, -0.2) is 50.4 Å². The van der Waals surface area contributed by atoms with Crippen molar-refractivity contribution >= 4 is 5.82 Å². The summed E-state index contributed by atoms with van der Waals surface area (Å²) >= 11 is 0. The summed E-state index contributed by atoms with van der Waals surface area (Å²) in [5, 5.41) is 18.9. The Balaban J connectivity index is 2.39. The van der Waals surface area contributed by atoms with Gasteiger partial charge in [0.05, 0.1) is 13.0 Å². The van der Waals surface area contributed by atoms with Gasteiger partial charge in [0.1, 0.15) is 17.5 Å². The second kappa shape index (κ2) is 5.48. The van der Waals surface area contributed by atoms with Crippen LogP contribution in [0.3, 0.4) is 0 Å². The van der Waals surface area contributed by atoms with Gasteiger partial charge in [0.2, 0.25) is 0 Å². The maximum absolute atomic E-state index is 14.1. The van der Waals surface area contributed by atoms with Gasteiger partial charge in [0.25, 0.3) is 0 Å². The quantitative estimate of drug-likeness (QED) is 0.660. The molecule has 1 aromatic heterocycles. The summed E-state index contributed by atoms with van der Waals surface area (Å²) < 4.78 is 57.3. The van der Waals surface area contributed by atoms with Crippen LogP contribution in [0.4, 0.5) is 23.4 Å². The van der Waals surface area contributed by atoms with E-state index < -0.39 is 49.0 Å². The molecule has 7 nitrogen and oxygen atoms in total. The molecule has 1 aliphatic heterocycles. The molecule has 0 aliphatic carbocycles. The number of alkyl halides is 4. The SMILES string of the molecule is Nc1ccn([C@@H]2O[C@@](CO)(CC(F)(F)F)[C@@H](O)[C@H]2F)c(=O)n1. The normalized spacial score (nSPS) is 32.4. The minimum Gasteiger partial charge on any atom is -0.393 e. The minimum atomic E-state index is -4.82. The highest BCUT2D eigenvalue weighted by atomic mass is 19.4. The highest BCUT2D eigenvalue weighted by Gasteiger charge is 2.59. The lowest BCUT2D eigenvalue weighted by atomic mass is 9.92. The summed E-state index contributed by atoms with van der Waals surface area (Å²) in [6.45, 7) is -1.28. The zero-order valence-electron chi connectivity index (χ0n) is 11.0. The fourth-order valence-electron chi connectivity index (χ4n) is 2.32. The molecule has 0 radical (unpaired) electrons. The van der Waals surface area contributed by atoms with Crippen molar-refractivity contribution in [2.45, 2.75) is 36.7 Å². The number of rotatable bonds is 3. The number of nitrogens with two attached hydrogens (primary N) is 1. The molecule has 0 saturated carbocycles. The Kier molecular flexibility index (Phi) is 4.15. The van der Waals surface area contributed by atoms with E-state index in [1.54, 1.807) is 0 Å². The number of aliphatic hydroxyl groups is 2. The van der Waals surface area contributed by atoms with Gasteiger partial charge in [-0.15, -0.1) is 0 Å². The maximum Gasteiger partial charge on any atom is 0.392 e. The van der Waals surface area contributed by atoms with Gasteiger partial charge in [0, 0.05) is 6.20 Å². The first-order valence-corrected chi connectivity index (χ1v) is 6.12. The number of nitrogens with zero attached hydrogens (tertiary/aromatic N) is 2. The van der Waals surface area contributed by atoms with E-state index in [0.29, 0.717) is 4.57 Å². The summed E-state index contributed by atoms with van der Waals surface area (Å²) in [4.78, 5) is 14.9. The molecule has 0 aromatic carbocycles. The molecule has 0 bridgehead atoms. The second-order valence-corrected chi connectivity index (χ2v) is 4.95. The van der Waals surface area contributed by atoms with E-state index in [0.717, 1.165) is 12.3 Å². The monoisotopic (exact) mass is 327 g/mol. The molecule has 1 saturated heterocycles. The Morgan fingerprint density at radius 2 is 2.14 bits per heavy atom. The van der Waals surface area contributed by atoms with Crippen LogP contribution in [0.5, 0.6) is 0 Å². The number of aromatic nitrogens is 2. The van der Waals surface area contributed by atoms with Crippen molar-refractivity contribution in [2.24, 2.45) is 0 Å². The second-order valence-electron chi connectivity index (χ2n) is 4.95. The zero-order chi connectivity index (χ0) is 16.7. The van der Waals surface area contributed by atoms with E-state index in [-0.39, 0.29) is 5.82 Å². The predicted molar refractivity (Wildman–Crippen MR) is 64.4 cm³/mol. The van der Waals surface area contributed by atoms with E-state index >= 15 is 0 Å². The van der Waals surface area contributed by atoms with E-state index in [9.17, 15) is 32.6 Å². The van der Waals surface area contributed by atoms with Crippen LogP contribution in [0.2, 0.25) is 0 Å². The predicted octanol–water partition coefficient (Wildman–Crippen LogP) is -0.263. The molecule has 0 amide bonds. The summed E-state index contributed by atoms with van der Waals surface area (Å²) in [5.74, 6) is -0.168. The summed E-state index contributed by atoms with van der Waals surface area (Å²) in [5.41, 5.74) is 1.60. The summed E-state index contributed by atoms with van der Waals surface area (Å²) in [6.07, 6.45) is -12.1. The van der Waals surface area contributed by atoms with Crippen LogP contribution in [0, 0.1) is 0 Å². The van der Waals surface area contributed by atoms with Gasteiger partial charge in [-0.1, -0.05) is 0 Å². The number of hydrogen-bond acceptors (Lipinski definition) is 6. The van der Waals surface area contributed by atoms with Crippen molar-refractivity contribution in [3.63, 3.8) is 0 Å². The lowest BCUT2D eigenvalue weighted by molar-refractivity contribution is -0.216. The summed E-state index contributed by atoms with van der Waals surface area (Å²) in [6, 6.07) is 1.12. The van der Waals surface area contributed by atoms with Gasteiger partial charge in [-0.05, 0) is 6.07 Å². The lowest BCUT2D eigenvalue weighted by Gasteiger charge is -2.30. The Morgan fingerprint density at radius 1 is 1.50 bits per heavy atom. The van der Waals surface area contributed by atoms with E-state index in [1.165, 1.54) is 0 Å². The molecule has 0 unspecified atom stereocenters. The average Bonchev–Trinajstić information content (AvgIpc) is 2.63. The number of nitrogen functional groups attached to an aromatic ring is 1. The number of hydrogen-bond donors (Lipinski definition) is 3. The van der Waals surface area contributed by atoms with E-state index in [2.05, 4.69) is 4.98 Å². The fourth-order valence-corrected chi connectivity index (χ4v) is 2.32. The minimum absolute atomic E-state index is 0.168. The van der Waals surface area contributed by atoms with Crippen LogP contribution in [0.15, 0.2) is 17.1 Å². The van der Waals surface area contributed by atoms with Gasteiger partial charge >= 0.3 is 11.9 Å². The van der Waals surface area contributed by atoms with Crippen molar-refractivity contribution < 1.29 is 32.5 Å². The molecule has 2 rings (SSSR count). The highest BCUT2D eigenvalue weighted by Crippen LogP contribution is 2.44. The number of ether oxygens (including phenoxy) is 1. The van der Waals surface area contributed by atoms with Crippen molar-refractivity contribution in [1.82, 2.24) is 9.55 Å². The standard InChI is InChI=1S/C11H13F4N3O4/c12-6-7(20)10(4-19,3-11(13,14)15)22-8(6)18-2-1-5(16)17-9(18)21/h1-2,6-8,19-20H,3-4H2,(H2,16,17,21)/t6-,7+,8-,10-/m1/s1. The first kappa shape index (κ1) is 16.6. The van der Waals surface area contributed by atoms with Crippen LogP contribution >= 0.6 is 0 Å². The van der Waals surface area contributed by atoms with Crippen LogP contribution in [-0.2, 0) is 4.74 Å². The molecule has 4 atom stereocenters. The Morgan fingerprint density at radius 3 is 2.64 bits per heavy atom. The molecule has 1 aliphatic rings. The Bertz CT molecular complexity index is 608. The van der Waals surface area contributed by atoms with E-state index in [1.807, 2.05) is 0 Å². The van der Waals surface area contributed by atoms with Crippen molar-refractivity contribution in [3.8, 4) is 0 Å². The Hall–Kier alpha value is -1.72. The van der Waals surface area contributed by atoms with E-state index in [4.69, 9.17) is 10.5 Å². The molecule has 1 aromatic rings. The third kappa shape index (κ3) is 2.91. The van der Waals surface area contributed by atoms with Gasteiger partial charge in [-0.2, -0.15) is 18.2 Å². The molecule has 0 spiro atoms. The number of anilines is 1. The zero-order valence-corrected chi connectivity index (χ0v) is 11.0. The van der Waals surface area contributed by atoms with Gasteiger partial charge in [0.15, 0.2) is 12.4 Å². The van der Waals surface area contributed by atoms with Crippen LogP contribution in [0.1, 0.15) is 12.6 Å². The molecule has 22 heavy (non-hydrogen) atoms. The topological polar surface area (TPSA) is 111 Å². The van der Waals surface area contributed by atoms with Crippen LogP contribution in [0.25, 0.3) is 0 Å². The lowest BCUT2D eigenvalue weighted by Crippen LogP contribution is -2.48. The first-order chi connectivity index (χ1) is 10.1. The molecule has 4 N–H and O–H groups in total. The molecular formula is C11H13F4N3O4. The fraction of sp³-hybridized carbons (Fsp3) is 0.636. The van der Waals surface area contributed by atoms with Crippen molar-refractivity contribution in [1.29, 1.82) is 0 Å². The third-order valence-corrected chi connectivity index (χ3v) is 3.36. The highest BCUT2D eigenvalue weighted by molar-refractivity contribution is 5.23. The van der Waals surface area contributed by atoms with Crippen LogP contribution < -0.4 is 11.4 Å². The molecule has 2 heterocycles. The molecule has 1 fully saturated rings. The maximum atomic E-state index is 14.1. The van der Waals surface area contributed by atoms with Gasteiger partial charge in [-0.3, -0.25) is 4.57 Å². The smallest absolute Gasteiger partial charge is 0.392 e. The first-order valence-electron chi connectivity index (χ1n) is 6.12. The van der Waals surface area contributed by atoms with Gasteiger partial charge in [-0.25, -0.2) is 9.18 Å². The number of aliphatic hydroxyl groups excluding tert-OH is 2.